The Kier molecular flexibility index (Phi) is 5.67. The van der Waals surface area contributed by atoms with E-state index in [9.17, 15) is 4.79 Å². The Labute approximate surface area is 97.2 Å². The number of nitrogens with zero attached hydrogens (tertiary/aromatic N) is 1. The molecule has 1 aromatic heterocycles. The third-order valence-corrected chi connectivity index (χ3v) is 3.65. The zero-order valence-electron chi connectivity index (χ0n) is 8.51. The van der Waals surface area contributed by atoms with Crippen LogP contribution in [0.5, 0.6) is 0 Å². The van der Waals surface area contributed by atoms with Gasteiger partial charge >= 0.3 is 5.97 Å². The van der Waals surface area contributed by atoms with Gasteiger partial charge in [-0.2, -0.15) is 0 Å². The maximum atomic E-state index is 11.2. The average Bonchev–Trinajstić information content (AvgIpc) is 2.71. The van der Waals surface area contributed by atoms with E-state index in [1.165, 1.54) is 0 Å². The first-order chi connectivity index (χ1) is 7.24. The van der Waals surface area contributed by atoms with E-state index in [0.29, 0.717) is 13.0 Å². The lowest BCUT2D eigenvalue weighted by molar-refractivity contribution is -0.144. The molecule has 0 aliphatic carbocycles. The van der Waals surface area contributed by atoms with E-state index in [2.05, 4.69) is 4.98 Å². The molecule has 6 heteroatoms. The number of rotatable bonds is 6. The van der Waals surface area contributed by atoms with Gasteiger partial charge in [0.05, 0.1) is 6.61 Å². The van der Waals surface area contributed by atoms with Gasteiger partial charge in [0.25, 0.3) is 0 Å². The monoisotopic (exact) mass is 246 g/mol. The van der Waals surface area contributed by atoms with Crippen LogP contribution in [0, 0.1) is 0 Å². The molecule has 0 fully saturated rings. The topological polar surface area (TPSA) is 65.2 Å². The summed E-state index contributed by atoms with van der Waals surface area (Å²) >= 11 is 3.20. The molecular formula is C9H14N2O2S2. The average molecular weight is 246 g/mol. The SMILES string of the molecule is CCOC(=O)C(N)CCSc1nccs1. The summed E-state index contributed by atoms with van der Waals surface area (Å²) in [6.45, 7) is 2.15. The quantitative estimate of drug-likeness (QED) is 0.609. The molecule has 1 heterocycles. The van der Waals surface area contributed by atoms with Gasteiger partial charge in [-0.25, -0.2) is 4.98 Å². The molecule has 0 saturated carbocycles. The summed E-state index contributed by atoms with van der Waals surface area (Å²) in [5, 5.41) is 1.92. The van der Waals surface area contributed by atoms with Crippen LogP contribution in [0.4, 0.5) is 0 Å². The summed E-state index contributed by atoms with van der Waals surface area (Å²) in [4.78, 5) is 15.3. The number of carbonyl (C=O) groups is 1. The van der Waals surface area contributed by atoms with Gasteiger partial charge in [0.15, 0.2) is 0 Å². The molecule has 1 unspecified atom stereocenters. The second-order valence-corrected chi connectivity index (χ2v) is 5.03. The fraction of sp³-hybridized carbons (Fsp3) is 0.556. The highest BCUT2D eigenvalue weighted by Crippen LogP contribution is 2.21. The Morgan fingerprint density at radius 3 is 3.20 bits per heavy atom. The summed E-state index contributed by atoms with van der Waals surface area (Å²) in [5.74, 6) is 0.463. The van der Waals surface area contributed by atoms with E-state index in [4.69, 9.17) is 10.5 Å². The number of esters is 1. The van der Waals surface area contributed by atoms with Gasteiger partial charge in [0.2, 0.25) is 0 Å². The van der Waals surface area contributed by atoms with Gasteiger partial charge < -0.3 is 10.5 Å². The molecule has 0 aliphatic rings. The van der Waals surface area contributed by atoms with Gasteiger partial charge in [0, 0.05) is 17.3 Å². The van der Waals surface area contributed by atoms with Crippen LogP contribution in [0.25, 0.3) is 0 Å². The van der Waals surface area contributed by atoms with E-state index in [0.717, 1.165) is 10.1 Å². The van der Waals surface area contributed by atoms with E-state index >= 15 is 0 Å². The van der Waals surface area contributed by atoms with E-state index < -0.39 is 6.04 Å². The van der Waals surface area contributed by atoms with Crippen molar-refractivity contribution in [3.63, 3.8) is 0 Å². The van der Waals surface area contributed by atoms with Gasteiger partial charge in [-0.3, -0.25) is 4.79 Å². The molecule has 4 nitrogen and oxygen atoms in total. The first-order valence-electron chi connectivity index (χ1n) is 4.68. The lowest BCUT2D eigenvalue weighted by Crippen LogP contribution is -2.32. The summed E-state index contributed by atoms with van der Waals surface area (Å²) in [6, 6.07) is -0.516. The number of hydrogen-bond acceptors (Lipinski definition) is 6. The van der Waals surface area contributed by atoms with Crippen molar-refractivity contribution in [3.8, 4) is 0 Å². The number of thiazole rings is 1. The molecule has 0 aromatic carbocycles. The smallest absolute Gasteiger partial charge is 0.322 e. The lowest BCUT2D eigenvalue weighted by atomic mass is 10.2. The molecule has 0 radical (unpaired) electrons. The third-order valence-electron chi connectivity index (χ3n) is 1.65. The van der Waals surface area contributed by atoms with E-state index in [-0.39, 0.29) is 5.97 Å². The second-order valence-electron chi connectivity index (χ2n) is 2.79. The van der Waals surface area contributed by atoms with Crippen LogP contribution in [0.3, 0.4) is 0 Å². The fourth-order valence-electron chi connectivity index (χ4n) is 0.922. The predicted octanol–water partition coefficient (Wildman–Crippen LogP) is 1.52. The van der Waals surface area contributed by atoms with E-state index in [1.807, 2.05) is 5.38 Å². The third kappa shape index (κ3) is 4.63. The molecule has 0 bridgehead atoms. The zero-order chi connectivity index (χ0) is 11.1. The van der Waals surface area contributed by atoms with Crippen LogP contribution in [-0.2, 0) is 9.53 Å². The molecular weight excluding hydrogens is 232 g/mol. The predicted molar refractivity (Wildman–Crippen MR) is 62.1 cm³/mol. The summed E-state index contributed by atoms with van der Waals surface area (Å²) in [5.41, 5.74) is 5.64. The van der Waals surface area contributed by atoms with Crippen molar-refractivity contribution in [1.29, 1.82) is 0 Å². The molecule has 0 spiro atoms. The highest BCUT2D eigenvalue weighted by molar-refractivity contribution is 8.00. The number of nitrogens with two attached hydrogens (primary N) is 1. The molecule has 1 aromatic rings. The number of hydrogen-bond donors (Lipinski definition) is 1. The van der Waals surface area contributed by atoms with Gasteiger partial charge in [-0.05, 0) is 13.3 Å². The molecule has 0 saturated heterocycles. The van der Waals surface area contributed by atoms with Crippen LogP contribution in [0.15, 0.2) is 15.9 Å². The largest absolute Gasteiger partial charge is 0.465 e. The van der Waals surface area contributed by atoms with Crippen LogP contribution < -0.4 is 5.73 Å². The first kappa shape index (κ1) is 12.5. The van der Waals surface area contributed by atoms with Crippen LogP contribution in [0.1, 0.15) is 13.3 Å². The minimum atomic E-state index is -0.516. The van der Waals surface area contributed by atoms with Crippen molar-refractivity contribution in [2.75, 3.05) is 12.4 Å². The van der Waals surface area contributed by atoms with Crippen LogP contribution in [0.2, 0.25) is 0 Å². The van der Waals surface area contributed by atoms with Crippen molar-refractivity contribution in [3.05, 3.63) is 11.6 Å². The molecule has 0 amide bonds. The molecule has 84 valence electrons. The molecule has 2 N–H and O–H groups in total. The molecule has 15 heavy (non-hydrogen) atoms. The Hall–Kier alpha value is -0.590. The molecule has 1 rings (SSSR count). The van der Waals surface area contributed by atoms with Crippen molar-refractivity contribution in [1.82, 2.24) is 4.98 Å². The van der Waals surface area contributed by atoms with Crippen molar-refractivity contribution < 1.29 is 9.53 Å². The second kappa shape index (κ2) is 6.81. The van der Waals surface area contributed by atoms with Gasteiger partial charge in [-0.15, -0.1) is 11.3 Å². The standard InChI is InChI=1S/C9H14N2O2S2/c1-2-13-8(12)7(10)3-5-14-9-11-4-6-15-9/h4,6-7H,2-3,5,10H2,1H3. The van der Waals surface area contributed by atoms with E-state index in [1.54, 1.807) is 36.2 Å². The first-order valence-corrected chi connectivity index (χ1v) is 6.55. The summed E-state index contributed by atoms with van der Waals surface area (Å²) < 4.78 is 5.81. The number of ether oxygens (including phenoxy) is 1. The lowest BCUT2D eigenvalue weighted by Gasteiger charge is -2.08. The molecule has 1 atom stereocenters. The van der Waals surface area contributed by atoms with Crippen LogP contribution in [-0.4, -0.2) is 29.4 Å². The molecule has 0 aliphatic heterocycles. The normalized spacial score (nSPS) is 12.4. The Morgan fingerprint density at radius 1 is 1.80 bits per heavy atom. The minimum Gasteiger partial charge on any atom is -0.465 e. The minimum absolute atomic E-state index is 0.322. The Bertz CT molecular complexity index is 290. The van der Waals surface area contributed by atoms with Gasteiger partial charge in [0.1, 0.15) is 10.4 Å². The zero-order valence-corrected chi connectivity index (χ0v) is 10.1. The number of carbonyl (C=O) groups excluding carboxylic acids is 1. The fourth-order valence-corrected chi connectivity index (χ4v) is 2.65. The highest BCUT2D eigenvalue weighted by atomic mass is 32.2. The highest BCUT2D eigenvalue weighted by Gasteiger charge is 2.14. The van der Waals surface area contributed by atoms with Gasteiger partial charge in [-0.1, -0.05) is 11.8 Å². The maximum absolute atomic E-state index is 11.2. The van der Waals surface area contributed by atoms with Crippen LogP contribution >= 0.6 is 23.1 Å². The van der Waals surface area contributed by atoms with Crippen molar-refractivity contribution in [2.24, 2.45) is 5.73 Å². The maximum Gasteiger partial charge on any atom is 0.322 e. The summed E-state index contributed by atoms with van der Waals surface area (Å²) in [7, 11) is 0. The number of thioether (sulfide) groups is 1. The van der Waals surface area contributed by atoms with Crippen molar-refractivity contribution >= 4 is 29.1 Å². The Balaban J connectivity index is 2.17. The number of aromatic nitrogens is 1. The summed E-state index contributed by atoms with van der Waals surface area (Å²) in [6.07, 6.45) is 2.38. The van der Waals surface area contributed by atoms with Crippen molar-refractivity contribution in [2.45, 2.75) is 23.7 Å². The Morgan fingerprint density at radius 2 is 2.60 bits per heavy atom.